The van der Waals surface area contributed by atoms with E-state index in [0.717, 1.165) is 105 Å². The van der Waals surface area contributed by atoms with Gasteiger partial charge in [-0.05, 0) is 122 Å². The molecule has 5 amide bonds. The summed E-state index contributed by atoms with van der Waals surface area (Å²) in [6.45, 7) is 5.70. The van der Waals surface area contributed by atoms with E-state index in [4.69, 9.17) is 21.6 Å². The first-order valence-electron chi connectivity index (χ1n) is 20.2. The number of rotatable bonds is 7. The number of likely N-dealkylation sites (tertiary alicyclic amines) is 1. The topological polar surface area (TPSA) is 143 Å². The molecule has 0 radical (unpaired) electrons. The molecule has 3 aromatic rings. The highest BCUT2D eigenvalue weighted by molar-refractivity contribution is 6.31. The van der Waals surface area contributed by atoms with Gasteiger partial charge in [-0.25, -0.2) is 0 Å². The van der Waals surface area contributed by atoms with Crippen molar-refractivity contribution in [3.63, 3.8) is 0 Å². The number of carbonyl (C=O) groups excluding carboxylic acids is 5. The van der Waals surface area contributed by atoms with Crippen LogP contribution in [-0.4, -0.2) is 89.1 Å². The van der Waals surface area contributed by atoms with Crippen LogP contribution in [0.15, 0.2) is 54.6 Å². The number of imide groups is 2. The van der Waals surface area contributed by atoms with Crippen LogP contribution in [0.1, 0.15) is 106 Å². The van der Waals surface area contributed by atoms with Gasteiger partial charge in [0.05, 0.1) is 27.8 Å². The Kier molecular flexibility index (Phi) is 9.77. The predicted molar refractivity (Wildman–Crippen MR) is 211 cm³/mol. The standard InChI is InChI=1S/C44H45ClN6O6/c45-37-21-33(6-3-29(37)23-46)57-34-9-12-44(22-34)13-17-50(18-14-44)41(54)28-1-4-32(5-2-28)49-15-10-27(11-16-49)24-48-25-30-19-35-36(20-31(30)26-48)43(56)51(42(35)55)38-7-8-39(52)47-40(38)53/h1-6,19-21,27,34,38H,7-18,22,24-26H2,(H,47,52,53)/t34-,38?/m0/s1. The summed E-state index contributed by atoms with van der Waals surface area (Å²) in [6, 6.07) is 18.1. The molecule has 294 valence electrons. The maximum Gasteiger partial charge on any atom is 0.262 e. The molecule has 1 unspecified atom stereocenters. The van der Waals surface area contributed by atoms with Crippen LogP contribution in [0.4, 0.5) is 5.69 Å². The zero-order valence-corrected chi connectivity index (χ0v) is 32.6. The summed E-state index contributed by atoms with van der Waals surface area (Å²) in [5.74, 6) is -0.604. The van der Waals surface area contributed by atoms with Crippen molar-refractivity contribution >= 4 is 46.8 Å². The number of halogens is 1. The molecule has 0 bridgehead atoms. The number of hydrogen-bond acceptors (Lipinski definition) is 9. The highest BCUT2D eigenvalue weighted by atomic mass is 35.5. The van der Waals surface area contributed by atoms with Gasteiger partial charge in [0.25, 0.3) is 17.7 Å². The van der Waals surface area contributed by atoms with Crippen LogP contribution in [0.3, 0.4) is 0 Å². The van der Waals surface area contributed by atoms with E-state index in [1.54, 1.807) is 12.1 Å². The number of nitriles is 1. The Morgan fingerprint density at radius 2 is 1.54 bits per heavy atom. The summed E-state index contributed by atoms with van der Waals surface area (Å²) in [6.07, 6.45) is 7.40. The van der Waals surface area contributed by atoms with E-state index in [2.05, 4.69) is 33.3 Å². The molecule has 5 aliphatic heterocycles. The van der Waals surface area contributed by atoms with Crippen LogP contribution >= 0.6 is 11.6 Å². The van der Waals surface area contributed by atoms with Gasteiger partial charge in [-0.3, -0.25) is 39.1 Å². The average molecular weight is 789 g/mol. The molecule has 6 aliphatic rings. The van der Waals surface area contributed by atoms with E-state index in [9.17, 15) is 24.0 Å². The second-order valence-corrected chi connectivity index (χ2v) is 17.2. The number of anilines is 1. The Labute approximate surface area is 336 Å². The normalized spacial score (nSPS) is 23.5. The van der Waals surface area contributed by atoms with Gasteiger partial charge in [0.1, 0.15) is 17.9 Å². The number of nitrogens with zero attached hydrogens (tertiary/aromatic N) is 5. The molecule has 1 aliphatic carbocycles. The average Bonchev–Trinajstić information content (AvgIpc) is 3.87. The molecule has 4 fully saturated rings. The summed E-state index contributed by atoms with van der Waals surface area (Å²) in [7, 11) is 0. The van der Waals surface area contributed by atoms with Gasteiger partial charge < -0.3 is 14.5 Å². The van der Waals surface area contributed by atoms with Crippen LogP contribution in [-0.2, 0) is 22.7 Å². The molecule has 3 saturated heterocycles. The van der Waals surface area contributed by atoms with E-state index in [-0.39, 0.29) is 36.2 Å². The first-order chi connectivity index (χ1) is 27.6. The molecule has 5 heterocycles. The number of nitrogens with one attached hydrogen (secondary N) is 1. The number of amides is 5. The zero-order valence-electron chi connectivity index (χ0n) is 31.8. The number of piperidine rings is 3. The molecular formula is C44H45ClN6O6. The summed E-state index contributed by atoms with van der Waals surface area (Å²) < 4.78 is 6.26. The number of fused-ring (bicyclic) bond motifs is 2. The maximum absolute atomic E-state index is 13.5. The Morgan fingerprint density at radius 3 is 2.18 bits per heavy atom. The smallest absolute Gasteiger partial charge is 0.262 e. The highest BCUT2D eigenvalue weighted by Crippen LogP contribution is 2.48. The molecule has 57 heavy (non-hydrogen) atoms. The van der Waals surface area contributed by atoms with Crippen molar-refractivity contribution < 1.29 is 28.7 Å². The molecule has 9 rings (SSSR count). The van der Waals surface area contributed by atoms with Gasteiger partial charge in [0.15, 0.2) is 0 Å². The Hall–Kier alpha value is -5.25. The number of carbonyl (C=O) groups is 5. The second kappa shape index (κ2) is 14.9. The van der Waals surface area contributed by atoms with Gasteiger partial charge >= 0.3 is 0 Å². The van der Waals surface area contributed by atoms with Crippen molar-refractivity contribution in [1.29, 1.82) is 5.26 Å². The lowest BCUT2D eigenvalue weighted by atomic mass is 9.77. The summed E-state index contributed by atoms with van der Waals surface area (Å²) >= 11 is 6.21. The van der Waals surface area contributed by atoms with Crippen molar-refractivity contribution in [3.8, 4) is 11.8 Å². The highest BCUT2D eigenvalue weighted by Gasteiger charge is 2.46. The molecule has 12 nitrogen and oxygen atoms in total. The molecule has 13 heteroatoms. The lowest BCUT2D eigenvalue weighted by Crippen LogP contribution is -2.54. The predicted octanol–water partition coefficient (Wildman–Crippen LogP) is 5.70. The Bertz CT molecular complexity index is 2160. The van der Waals surface area contributed by atoms with Crippen LogP contribution < -0.4 is 15.0 Å². The van der Waals surface area contributed by atoms with Crippen molar-refractivity contribution in [1.82, 2.24) is 20.0 Å². The van der Waals surface area contributed by atoms with E-state index in [0.29, 0.717) is 46.5 Å². The SMILES string of the molecule is N#Cc1ccc(O[C@H]2CCC3(CCN(C(=O)c4ccc(N5CCC(CN6Cc7cc8c(cc7C6)C(=O)N(C6CCC(=O)NC6=O)C8=O)CC5)cc4)CC3)C2)cc1Cl. The zero-order chi connectivity index (χ0) is 39.4. The van der Waals surface area contributed by atoms with Crippen LogP contribution in [0.25, 0.3) is 0 Å². The fourth-order valence-electron chi connectivity index (χ4n) is 10.0. The van der Waals surface area contributed by atoms with Crippen molar-refractivity contribution in [2.75, 3.05) is 37.6 Å². The Morgan fingerprint density at radius 1 is 0.860 bits per heavy atom. The van der Waals surface area contributed by atoms with Crippen molar-refractivity contribution in [3.05, 3.63) is 93.0 Å². The van der Waals surface area contributed by atoms with E-state index < -0.39 is 23.8 Å². The quantitative estimate of drug-likeness (QED) is 0.299. The van der Waals surface area contributed by atoms with Crippen LogP contribution in [0, 0.1) is 22.7 Å². The van der Waals surface area contributed by atoms with Crippen LogP contribution in [0.2, 0.25) is 5.02 Å². The minimum Gasteiger partial charge on any atom is -0.490 e. The first-order valence-corrected chi connectivity index (χ1v) is 20.5. The van der Waals surface area contributed by atoms with Gasteiger partial charge in [-0.15, -0.1) is 0 Å². The number of benzene rings is 3. The molecule has 1 N–H and O–H groups in total. The van der Waals surface area contributed by atoms with Gasteiger partial charge in [-0.2, -0.15) is 5.26 Å². The third kappa shape index (κ3) is 7.16. The third-order valence-electron chi connectivity index (χ3n) is 13.3. The second-order valence-electron chi connectivity index (χ2n) is 16.8. The molecule has 2 atom stereocenters. The summed E-state index contributed by atoms with van der Waals surface area (Å²) in [4.78, 5) is 72.0. The lowest BCUT2D eigenvalue weighted by molar-refractivity contribution is -0.136. The van der Waals surface area contributed by atoms with Crippen molar-refractivity contribution in [2.24, 2.45) is 11.3 Å². The first kappa shape index (κ1) is 37.3. The fraction of sp³-hybridized carbons (Fsp3) is 0.455. The van der Waals surface area contributed by atoms with E-state index >= 15 is 0 Å². The molecule has 3 aromatic carbocycles. The van der Waals surface area contributed by atoms with Crippen molar-refractivity contribution in [2.45, 2.75) is 83.0 Å². The van der Waals surface area contributed by atoms with E-state index in [1.807, 2.05) is 35.2 Å². The largest absolute Gasteiger partial charge is 0.490 e. The molecule has 1 spiro atoms. The minimum absolute atomic E-state index is 0.0883. The maximum atomic E-state index is 13.5. The minimum atomic E-state index is -0.960. The third-order valence-corrected chi connectivity index (χ3v) is 13.6. The molecule has 0 aromatic heterocycles. The summed E-state index contributed by atoms with van der Waals surface area (Å²) in [5.41, 5.74) is 5.25. The van der Waals surface area contributed by atoms with Gasteiger partial charge in [0.2, 0.25) is 11.8 Å². The van der Waals surface area contributed by atoms with E-state index in [1.165, 1.54) is 0 Å². The monoisotopic (exact) mass is 788 g/mol. The number of ether oxygens (including phenoxy) is 1. The Balaban J connectivity index is 0.729. The molecular weight excluding hydrogens is 744 g/mol. The summed E-state index contributed by atoms with van der Waals surface area (Å²) in [5, 5.41) is 11.8. The number of hydrogen-bond donors (Lipinski definition) is 1. The molecule has 1 saturated carbocycles. The van der Waals surface area contributed by atoms with Gasteiger partial charge in [-0.1, -0.05) is 11.6 Å². The van der Waals surface area contributed by atoms with Gasteiger partial charge in [0, 0.05) is 69.6 Å². The fourth-order valence-corrected chi connectivity index (χ4v) is 10.3. The lowest BCUT2D eigenvalue weighted by Gasteiger charge is -2.39. The van der Waals surface area contributed by atoms with Crippen LogP contribution in [0.5, 0.6) is 5.75 Å².